The zero-order valence-electron chi connectivity index (χ0n) is 13.2. The third kappa shape index (κ3) is 3.48. The van der Waals surface area contributed by atoms with Crippen molar-refractivity contribution in [3.05, 3.63) is 59.2 Å². The Morgan fingerprint density at radius 3 is 2.31 bits per heavy atom. The van der Waals surface area contributed by atoms with Crippen LogP contribution in [-0.4, -0.2) is 20.9 Å². The lowest BCUT2D eigenvalue weighted by Gasteiger charge is -2.20. The monoisotopic (exact) mass is 404 g/mol. The minimum absolute atomic E-state index is 0.405. The Labute approximate surface area is 156 Å². The Morgan fingerprint density at radius 1 is 1.04 bits per heavy atom. The zero-order chi connectivity index (χ0) is 18.0. The molecule has 4 aromatic rings. The van der Waals surface area contributed by atoms with Gasteiger partial charge in [0.2, 0.25) is 0 Å². The molecule has 0 aliphatic rings. The van der Waals surface area contributed by atoms with Gasteiger partial charge in [-0.05, 0) is 6.07 Å². The highest BCUT2D eigenvalue weighted by Crippen LogP contribution is 2.43. The SMILES string of the molecule is O=C(NP(=O)(Nc1nccs1)Nc1nccs1)c1c[nH]c2ccccc12. The third-order valence-corrected chi connectivity index (χ3v) is 6.71. The second-order valence-electron chi connectivity index (χ2n) is 5.20. The van der Waals surface area contributed by atoms with Crippen LogP contribution < -0.4 is 15.3 Å². The highest BCUT2D eigenvalue weighted by molar-refractivity contribution is 7.66. The summed E-state index contributed by atoms with van der Waals surface area (Å²) in [6, 6.07) is 7.41. The molecular formula is C15H13N6O2PS2. The quantitative estimate of drug-likeness (QED) is 0.359. The molecule has 0 saturated heterocycles. The standard InChI is InChI=1S/C15H13N6O2PS2/c22-13(11-9-18-12-4-2-1-3-10(11)12)19-24(23,20-14-16-5-7-25-14)21-15-17-6-8-26-15/h1-9,18H,(H3,16,17,19,20,21,22,23). The highest BCUT2D eigenvalue weighted by atomic mass is 32.1. The molecule has 3 heterocycles. The first-order valence-corrected chi connectivity index (χ1v) is 10.9. The van der Waals surface area contributed by atoms with Crippen LogP contribution in [0.4, 0.5) is 10.3 Å². The van der Waals surface area contributed by atoms with E-state index in [2.05, 4.69) is 30.2 Å². The molecule has 3 aromatic heterocycles. The van der Waals surface area contributed by atoms with E-state index in [4.69, 9.17) is 0 Å². The molecule has 0 aliphatic carbocycles. The smallest absolute Gasteiger partial charge is 0.358 e. The minimum Gasteiger partial charge on any atom is -0.360 e. The van der Waals surface area contributed by atoms with Gasteiger partial charge in [0, 0.05) is 40.3 Å². The summed E-state index contributed by atoms with van der Waals surface area (Å²) in [6.45, 7) is 0. The van der Waals surface area contributed by atoms with Gasteiger partial charge in [0.1, 0.15) is 0 Å². The Hall–Kier alpha value is -2.68. The van der Waals surface area contributed by atoms with E-state index < -0.39 is 13.5 Å². The number of fused-ring (bicyclic) bond motifs is 1. The summed E-state index contributed by atoms with van der Waals surface area (Å²) in [7, 11) is -3.59. The Balaban J connectivity index is 1.63. The lowest BCUT2D eigenvalue weighted by atomic mass is 10.2. The largest absolute Gasteiger partial charge is 0.360 e. The van der Waals surface area contributed by atoms with Gasteiger partial charge in [0.15, 0.2) is 10.3 Å². The predicted molar refractivity (Wildman–Crippen MR) is 105 cm³/mol. The summed E-state index contributed by atoms with van der Waals surface area (Å²) in [5, 5.41) is 13.3. The van der Waals surface area contributed by atoms with Crippen molar-refractivity contribution in [3.8, 4) is 0 Å². The van der Waals surface area contributed by atoms with Crippen LogP contribution in [0.3, 0.4) is 0 Å². The fourth-order valence-electron chi connectivity index (χ4n) is 2.37. The van der Waals surface area contributed by atoms with Crippen molar-refractivity contribution in [1.82, 2.24) is 20.0 Å². The molecule has 11 heteroatoms. The number of amides is 1. The van der Waals surface area contributed by atoms with E-state index >= 15 is 0 Å². The number of carbonyl (C=O) groups excluding carboxylic acids is 1. The molecule has 26 heavy (non-hydrogen) atoms. The van der Waals surface area contributed by atoms with E-state index in [1.165, 1.54) is 22.7 Å². The minimum atomic E-state index is -3.59. The normalized spacial score (nSPS) is 11.4. The van der Waals surface area contributed by atoms with Gasteiger partial charge in [-0.1, -0.05) is 18.2 Å². The van der Waals surface area contributed by atoms with Crippen LogP contribution in [-0.2, 0) is 4.57 Å². The van der Waals surface area contributed by atoms with Gasteiger partial charge >= 0.3 is 7.59 Å². The van der Waals surface area contributed by atoms with Crippen molar-refractivity contribution < 1.29 is 9.36 Å². The number of H-pyrrole nitrogens is 1. The average Bonchev–Trinajstić information content (AvgIpc) is 3.35. The van der Waals surface area contributed by atoms with E-state index in [0.29, 0.717) is 15.8 Å². The summed E-state index contributed by atoms with van der Waals surface area (Å²) in [5.41, 5.74) is 1.23. The fourth-order valence-corrected chi connectivity index (χ4v) is 5.54. The highest BCUT2D eigenvalue weighted by Gasteiger charge is 2.28. The zero-order valence-corrected chi connectivity index (χ0v) is 15.7. The second kappa shape index (κ2) is 6.91. The molecule has 0 fully saturated rings. The number of hydrogen-bond acceptors (Lipinski definition) is 6. The third-order valence-electron chi connectivity index (χ3n) is 3.46. The van der Waals surface area contributed by atoms with Crippen LogP contribution in [0.5, 0.6) is 0 Å². The molecule has 0 saturated carbocycles. The molecule has 0 aliphatic heterocycles. The number of aromatic nitrogens is 3. The van der Waals surface area contributed by atoms with E-state index in [-0.39, 0.29) is 0 Å². The van der Waals surface area contributed by atoms with Crippen molar-refractivity contribution in [2.75, 3.05) is 10.2 Å². The van der Waals surface area contributed by atoms with Crippen LogP contribution >= 0.6 is 30.3 Å². The number of carbonyl (C=O) groups is 1. The van der Waals surface area contributed by atoms with Crippen LogP contribution in [0.1, 0.15) is 10.4 Å². The summed E-state index contributed by atoms with van der Waals surface area (Å²) in [4.78, 5) is 24.0. The van der Waals surface area contributed by atoms with Gasteiger partial charge in [0.25, 0.3) is 5.91 Å². The number of para-hydroxylation sites is 1. The van der Waals surface area contributed by atoms with Crippen LogP contribution in [0.15, 0.2) is 53.6 Å². The first-order chi connectivity index (χ1) is 12.6. The molecule has 4 rings (SSSR count). The second-order valence-corrected chi connectivity index (χ2v) is 8.87. The van der Waals surface area contributed by atoms with E-state index in [1.807, 2.05) is 24.3 Å². The van der Waals surface area contributed by atoms with Crippen LogP contribution in [0.25, 0.3) is 10.9 Å². The number of rotatable bonds is 6. The van der Waals surface area contributed by atoms with Crippen LogP contribution in [0, 0.1) is 0 Å². The molecule has 0 radical (unpaired) electrons. The number of hydrogen-bond donors (Lipinski definition) is 4. The van der Waals surface area contributed by atoms with Gasteiger partial charge in [-0.2, -0.15) is 0 Å². The molecule has 0 spiro atoms. The predicted octanol–water partition coefficient (Wildman–Crippen LogP) is 4.14. The van der Waals surface area contributed by atoms with Gasteiger partial charge in [-0.25, -0.2) is 9.97 Å². The number of nitrogens with zero attached hydrogens (tertiary/aromatic N) is 2. The Kier molecular flexibility index (Phi) is 4.46. The molecule has 4 N–H and O–H groups in total. The van der Waals surface area contributed by atoms with Gasteiger partial charge in [0.05, 0.1) is 5.56 Å². The summed E-state index contributed by atoms with van der Waals surface area (Å²) >= 11 is 2.56. The van der Waals surface area contributed by atoms with Gasteiger partial charge in [-0.3, -0.25) is 24.6 Å². The molecule has 0 unspecified atom stereocenters. The van der Waals surface area contributed by atoms with Crippen molar-refractivity contribution in [1.29, 1.82) is 0 Å². The first-order valence-electron chi connectivity index (χ1n) is 7.47. The molecular weight excluding hydrogens is 391 g/mol. The summed E-state index contributed by atoms with van der Waals surface area (Å²) < 4.78 is 13.4. The molecule has 1 amide bonds. The summed E-state index contributed by atoms with van der Waals surface area (Å²) in [6.07, 6.45) is 4.77. The topological polar surface area (TPSA) is 112 Å². The lowest BCUT2D eigenvalue weighted by molar-refractivity contribution is 0.0982. The first kappa shape index (κ1) is 16.8. The molecule has 132 valence electrons. The summed E-state index contributed by atoms with van der Waals surface area (Å²) in [5.74, 6) is -0.473. The van der Waals surface area contributed by atoms with Gasteiger partial charge < -0.3 is 4.98 Å². The van der Waals surface area contributed by atoms with Gasteiger partial charge in [-0.15, -0.1) is 22.7 Å². The molecule has 1 aromatic carbocycles. The Morgan fingerprint density at radius 2 is 1.69 bits per heavy atom. The van der Waals surface area contributed by atoms with Crippen molar-refractivity contribution in [2.45, 2.75) is 0 Å². The molecule has 0 atom stereocenters. The van der Waals surface area contributed by atoms with Crippen molar-refractivity contribution in [3.63, 3.8) is 0 Å². The van der Waals surface area contributed by atoms with Crippen molar-refractivity contribution >= 4 is 57.3 Å². The average molecular weight is 404 g/mol. The molecule has 8 nitrogen and oxygen atoms in total. The lowest BCUT2D eigenvalue weighted by Crippen LogP contribution is -2.27. The number of aromatic amines is 1. The van der Waals surface area contributed by atoms with E-state index in [9.17, 15) is 9.36 Å². The van der Waals surface area contributed by atoms with E-state index in [0.717, 1.165) is 10.9 Å². The molecule has 0 bridgehead atoms. The number of thiazole rings is 2. The van der Waals surface area contributed by atoms with Crippen molar-refractivity contribution in [2.24, 2.45) is 0 Å². The maximum atomic E-state index is 13.4. The Bertz CT molecular complexity index is 1040. The van der Waals surface area contributed by atoms with Crippen LogP contribution in [0.2, 0.25) is 0 Å². The fraction of sp³-hybridized carbons (Fsp3) is 0. The maximum Gasteiger partial charge on any atom is 0.358 e. The number of anilines is 2. The van der Waals surface area contributed by atoms with E-state index in [1.54, 1.807) is 29.4 Å². The number of benzene rings is 1. The maximum absolute atomic E-state index is 13.4. The number of nitrogens with one attached hydrogen (secondary N) is 4.